The second-order valence-corrected chi connectivity index (χ2v) is 6.14. The zero-order chi connectivity index (χ0) is 14.0. The summed E-state index contributed by atoms with van der Waals surface area (Å²) in [4.78, 5) is 12.5. The average molecular weight is 329 g/mol. The van der Waals surface area contributed by atoms with Gasteiger partial charge in [-0.2, -0.15) is 0 Å². The first-order valence-electron chi connectivity index (χ1n) is 6.43. The van der Waals surface area contributed by atoms with E-state index in [4.69, 9.17) is 0 Å². The van der Waals surface area contributed by atoms with Crippen LogP contribution in [0, 0.1) is 17.2 Å². The third kappa shape index (κ3) is 2.67. The first-order valence-corrected chi connectivity index (χ1v) is 7.23. The van der Waals surface area contributed by atoms with Crippen molar-refractivity contribution >= 4 is 27.5 Å². The summed E-state index contributed by atoms with van der Waals surface area (Å²) < 4.78 is 14.3. The number of nitrogens with one attached hydrogen (secondary N) is 2. The minimum absolute atomic E-state index is 0.113. The smallest absolute Gasteiger partial charge is 0.232 e. The summed E-state index contributed by atoms with van der Waals surface area (Å²) in [5, 5.41) is 5.97. The van der Waals surface area contributed by atoms with Crippen LogP contribution in [-0.4, -0.2) is 19.0 Å². The van der Waals surface area contributed by atoms with E-state index in [-0.39, 0.29) is 17.5 Å². The number of benzene rings is 1. The lowest BCUT2D eigenvalue weighted by atomic mass is 9.75. The molecule has 2 rings (SSSR count). The molecule has 1 aromatic carbocycles. The fourth-order valence-corrected chi connectivity index (χ4v) is 2.96. The van der Waals surface area contributed by atoms with Crippen LogP contribution in [0.1, 0.15) is 20.3 Å². The maximum Gasteiger partial charge on any atom is 0.232 e. The molecular formula is C14H18BrFN2O. The Balaban J connectivity index is 2.25. The van der Waals surface area contributed by atoms with Gasteiger partial charge in [0.2, 0.25) is 5.91 Å². The van der Waals surface area contributed by atoms with Crippen LogP contribution < -0.4 is 10.6 Å². The molecule has 1 amide bonds. The molecule has 3 nitrogen and oxygen atoms in total. The van der Waals surface area contributed by atoms with Crippen molar-refractivity contribution in [3.8, 4) is 0 Å². The molecule has 0 saturated carbocycles. The van der Waals surface area contributed by atoms with Gasteiger partial charge in [0.1, 0.15) is 5.82 Å². The largest absolute Gasteiger partial charge is 0.322 e. The Hall–Kier alpha value is -0.940. The number of para-hydroxylation sites is 1. The first kappa shape index (κ1) is 14.5. The molecule has 0 bridgehead atoms. The van der Waals surface area contributed by atoms with Crippen LogP contribution in [0.4, 0.5) is 10.1 Å². The van der Waals surface area contributed by atoms with Gasteiger partial charge in [-0.3, -0.25) is 4.79 Å². The van der Waals surface area contributed by atoms with Gasteiger partial charge in [0.05, 0.1) is 11.1 Å². The van der Waals surface area contributed by atoms with E-state index < -0.39 is 11.2 Å². The molecule has 1 fully saturated rings. The molecular weight excluding hydrogens is 311 g/mol. The molecule has 1 aliphatic heterocycles. The molecule has 5 heteroatoms. The van der Waals surface area contributed by atoms with E-state index in [0.717, 1.165) is 13.0 Å². The van der Waals surface area contributed by atoms with E-state index in [1.165, 1.54) is 6.07 Å². The number of anilines is 1. The van der Waals surface area contributed by atoms with Crippen LogP contribution in [0.15, 0.2) is 22.7 Å². The molecule has 19 heavy (non-hydrogen) atoms. The highest BCUT2D eigenvalue weighted by molar-refractivity contribution is 9.10. The van der Waals surface area contributed by atoms with Crippen LogP contribution in [0.2, 0.25) is 0 Å². The molecule has 1 aliphatic rings. The van der Waals surface area contributed by atoms with Crippen LogP contribution in [-0.2, 0) is 4.79 Å². The Morgan fingerprint density at radius 3 is 2.79 bits per heavy atom. The van der Waals surface area contributed by atoms with Gasteiger partial charge in [-0.25, -0.2) is 4.39 Å². The predicted octanol–water partition coefficient (Wildman–Crippen LogP) is 3.16. The summed E-state index contributed by atoms with van der Waals surface area (Å²) in [6.07, 6.45) is 0.780. The molecule has 0 spiro atoms. The summed E-state index contributed by atoms with van der Waals surface area (Å²) in [7, 11) is 0. The van der Waals surface area contributed by atoms with Crippen molar-refractivity contribution in [1.29, 1.82) is 0 Å². The number of hydrogen-bond donors (Lipinski definition) is 2. The van der Waals surface area contributed by atoms with Gasteiger partial charge in [0.25, 0.3) is 0 Å². The summed E-state index contributed by atoms with van der Waals surface area (Å²) in [6, 6.07) is 4.66. The number of carbonyl (C=O) groups excluding carboxylic acids is 1. The Morgan fingerprint density at radius 1 is 1.53 bits per heavy atom. The number of hydrogen-bond acceptors (Lipinski definition) is 2. The highest BCUT2D eigenvalue weighted by atomic mass is 79.9. The first-order chi connectivity index (χ1) is 8.97. The normalized spacial score (nSPS) is 22.8. The van der Waals surface area contributed by atoms with Crippen LogP contribution in [0.25, 0.3) is 0 Å². The van der Waals surface area contributed by atoms with Gasteiger partial charge < -0.3 is 10.6 Å². The fraction of sp³-hybridized carbons (Fsp3) is 0.500. The minimum atomic E-state index is -0.457. The summed E-state index contributed by atoms with van der Waals surface area (Å²) >= 11 is 3.27. The number of carbonyl (C=O) groups is 1. The van der Waals surface area contributed by atoms with E-state index in [1.807, 2.05) is 13.8 Å². The van der Waals surface area contributed by atoms with Crippen molar-refractivity contribution < 1.29 is 9.18 Å². The number of amides is 1. The van der Waals surface area contributed by atoms with E-state index in [2.05, 4.69) is 26.6 Å². The summed E-state index contributed by atoms with van der Waals surface area (Å²) in [6.45, 7) is 5.53. The van der Waals surface area contributed by atoms with Gasteiger partial charge in [-0.1, -0.05) is 19.9 Å². The molecule has 1 aromatic rings. The lowest BCUT2D eigenvalue weighted by Crippen LogP contribution is -2.42. The van der Waals surface area contributed by atoms with Gasteiger partial charge in [-0.05, 0) is 46.9 Å². The average Bonchev–Trinajstić information content (AvgIpc) is 2.84. The van der Waals surface area contributed by atoms with E-state index in [1.54, 1.807) is 12.1 Å². The standard InChI is InChI=1S/C14H18BrFN2O/c1-9(2)14(6-7-17-8-14)13(19)18-12-10(15)4-3-5-11(12)16/h3-5,9,17H,6-8H2,1-2H3,(H,18,19). The lowest BCUT2D eigenvalue weighted by Gasteiger charge is -2.31. The third-order valence-corrected chi connectivity index (χ3v) is 4.61. The minimum Gasteiger partial charge on any atom is -0.322 e. The molecule has 1 heterocycles. The molecule has 104 valence electrons. The van der Waals surface area contributed by atoms with E-state index >= 15 is 0 Å². The van der Waals surface area contributed by atoms with Gasteiger partial charge in [0.15, 0.2) is 0 Å². The topological polar surface area (TPSA) is 41.1 Å². The van der Waals surface area contributed by atoms with Crippen molar-refractivity contribution in [2.45, 2.75) is 20.3 Å². The van der Waals surface area contributed by atoms with Crippen molar-refractivity contribution in [3.63, 3.8) is 0 Å². The van der Waals surface area contributed by atoms with Crippen molar-refractivity contribution in [2.24, 2.45) is 11.3 Å². The molecule has 1 saturated heterocycles. The van der Waals surface area contributed by atoms with Gasteiger partial charge in [-0.15, -0.1) is 0 Å². The van der Waals surface area contributed by atoms with Crippen molar-refractivity contribution in [3.05, 3.63) is 28.5 Å². The Bertz CT molecular complexity index is 464. The maximum atomic E-state index is 13.8. The summed E-state index contributed by atoms with van der Waals surface area (Å²) in [5.41, 5.74) is -0.235. The number of halogens is 2. The van der Waals surface area contributed by atoms with Crippen LogP contribution in [0.3, 0.4) is 0 Å². The van der Waals surface area contributed by atoms with Crippen LogP contribution >= 0.6 is 15.9 Å². The van der Waals surface area contributed by atoms with Crippen molar-refractivity contribution in [2.75, 3.05) is 18.4 Å². The lowest BCUT2D eigenvalue weighted by molar-refractivity contribution is -0.126. The Labute approximate surface area is 121 Å². The molecule has 0 radical (unpaired) electrons. The highest BCUT2D eigenvalue weighted by Crippen LogP contribution is 2.36. The van der Waals surface area contributed by atoms with Gasteiger partial charge in [0, 0.05) is 11.0 Å². The molecule has 1 atom stereocenters. The Kier molecular flexibility index (Phi) is 4.26. The van der Waals surface area contributed by atoms with Crippen molar-refractivity contribution in [1.82, 2.24) is 5.32 Å². The zero-order valence-electron chi connectivity index (χ0n) is 11.1. The van der Waals surface area contributed by atoms with E-state index in [0.29, 0.717) is 11.0 Å². The maximum absolute atomic E-state index is 13.8. The quantitative estimate of drug-likeness (QED) is 0.894. The summed E-state index contributed by atoms with van der Waals surface area (Å²) in [5.74, 6) is -0.334. The molecule has 0 aromatic heterocycles. The SMILES string of the molecule is CC(C)C1(C(=O)Nc2c(F)cccc2Br)CCNC1. The van der Waals surface area contributed by atoms with Gasteiger partial charge >= 0.3 is 0 Å². The molecule has 1 unspecified atom stereocenters. The van der Waals surface area contributed by atoms with E-state index in [9.17, 15) is 9.18 Å². The molecule has 0 aliphatic carbocycles. The fourth-order valence-electron chi connectivity index (χ4n) is 2.52. The second kappa shape index (κ2) is 5.59. The second-order valence-electron chi connectivity index (χ2n) is 5.29. The van der Waals surface area contributed by atoms with Crippen LogP contribution in [0.5, 0.6) is 0 Å². The molecule has 2 N–H and O–H groups in total. The zero-order valence-corrected chi connectivity index (χ0v) is 12.7. The Morgan fingerprint density at radius 2 is 2.26 bits per heavy atom. The third-order valence-electron chi connectivity index (χ3n) is 3.95. The monoisotopic (exact) mass is 328 g/mol. The predicted molar refractivity (Wildman–Crippen MR) is 77.5 cm³/mol. The highest BCUT2D eigenvalue weighted by Gasteiger charge is 2.44. The number of rotatable bonds is 3.